The smallest absolute Gasteiger partial charge is 0.550 e. The molecule has 0 fully saturated rings. The summed E-state index contributed by atoms with van der Waals surface area (Å²) < 4.78 is 0. The van der Waals surface area contributed by atoms with Gasteiger partial charge in [-0.25, -0.2) is 0 Å². The van der Waals surface area contributed by atoms with E-state index in [1.807, 2.05) is 0 Å². The second kappa shape index (κ2) is 32.8. The zero-order valence-electron chi connectivity index (χ0n) is 16.5. The first-order chi connectivity index (χ1) is 13.2. The van der Waals surface area contributed by atoms with E-state index in [2.05, 4.69) is 10.6 Å². The topological polar surface area (TPSA) is 237 Å². The second-order valence-electron chi connectivity index (χ2n) is 5.33. The van der Waals surface area contributed by atoms with E-state index >= 15 is 0 Å². The fourth-order valence-electron chi connectivity index (χ4n) is 1.44. The molecule has 0 heterocycles. The van der Waals surface area contributed by atoms with E-state index in [0.717, 1.165) is 52.1 Å². The van der Waals surface area contributed by atoms with Crippen LogP contribution in [-0.2, 0) is 61.3 Å². The number of carbonyl (C=O) groups excluding carboxylic acids is 4. The van der Waals surface area contributed by atoms with Gasteiger partial charge in [-0.3, -0.25) is 0 Å². The Hall–Kier alpha value is -0.903. The Bertz CT molecular complexity index is 370. The number of hydrogen-bond donors (Lipinski definition) is 4. The summed E-state index contributed by atoms with van der Waals surface area (Å²) in [6.45, 7) is 5.90. The number of hydrogen-bond acceptors (Lipinski definition) is 12. The van der Waals surface area contributed by atoms with E-state index in [-0.39, 0.29) is 42.1 Å². The van der Waals surface area contributed by atoms with Crippen molar-refractivity contribution >= 4 is 23.9 Å². The molecule has 0 aromatic carbocycles. The predicted octanol–water partition coefficient (Wildman–Crippen LogP) is -6.61. The van der Waals surface area contributed by atoms with Gasteiger partial charge in [-0.2, -0.15) is 0 Å². The van der Waals surface area contributed by atoms with Crippen LogP contribution in [0.2, 0.25) is 0 Å². The molecule has 0 amide bonds. The first kappa shape index (κ1) is 39.6. The first-order valence-corrected chi connectivity index (χ1v) is 8.78. The molecule has 6 N–H and O–H groups in total. The van der Waals surface area contributed by atoms with Crippen molar-refractivity contribution in [1.29, 1.82) is 0 Å². The Morgan fingerprint density at radius 1 is 0.533 bits per heavy atom. The first-order valence-electron chi connectivity index (χ1n) is 8.78. The number of carboxylic acid groups (broad SMARTS) is 4. The molecule has 182 valence electrons. The number of rotatable bonds is 15. The van der Waals surface area contributed by atoms with Crippen LogP contribution in [0.1, 0.15) is 38.5 Å². The summed E-state index contributed by atoms with van der Waals surface area (Å²) in [4.78, 5) is 37.1. The summed E-state index contributed by atoms with van der Waals surface area (Å²) in [5, 5.41) is 43.8. The molecule has 0 unspecified atom stereocenters. The minimum atomic E-state index is -1.63. The van der Waals surface area contributed by atoms with Gasteiger partial charge in [0, 0.05) is 36.7 Å². The molecular weight excluding hydrogens is 766 g/mol. The van der Waals surface area contributed by atoms with Crippen LogP contribution in [-0.4, -0.2) is 63.1 Å². The normalized spacial score (nSPS) is 8.73. The molecule has 0 aliphatic carbocycles. The van der Waals surface area contributed by atoms with Crippen molar-refractivity contribution in [3.05, 3.63) is 0 Å². The van der Waals surface area contributed by atoms with Crippen LogP contribution in [0.5, 0.6) is 0 Å². The minimum absolute atomic E-state index is 0. The number of carboxylic acids is 4. The van der Waals surface area contributed by atoms with Gasteiger partial charge in [0.2, 0.25) is 0 Å². The number of carbonyl (C=O) groups is 4. The third-order valence-electron chi connectivity index (χ3n) is 2.65. The van der Waals surface area contributed by atoms with Crippen LogP contribution in [0.25, 0.3) is 0 Å². The van der Waals surface area contributed by atoms with Crippen molar-refractivity contribution in [3.8, 4) is 0 Å². The summed E-state index contributed by atoms with van der Waals surface area (Å²) in [7, 11) is 0. The molecule has 0 rings (SSSR count). The molecule has 0 bridgehead atoms. The van der Waals surface area contributed by atoms with Gasteiger partial charge in [-0.15, -0.1) is 0 Å². The standard InChI is InChI=1S/C10H26N4.2C3H4O4.2Pt/c11-5-3-9-13-7-1-2-8-14-10-4-6-12;2*4-2(5)1-3(6)7;;/h13-14H,1-12H2;2*1H2,(H,4,5)(H,6,7);;/q;;;2*+2/p-4. The Labute approximate surface area is 205 Å². The van der Waals surface area contributed by atoms with Gasteiger partial charge in [0.15, 0.2) is 0 Å². The second-order valence-corrected chi connectivity index (χ2v) is 5.33. The largest absolute Gasteiger partial charge is 2.00 e. The molecule has 0 aromatic heterocycles. The van der Waals surface area contributed by atoms with E-state index in [1.165, 1.54) is 12.8 Å². The third-order valence-corrected chi connectivity index (χ3v) is 2.65. The average molecular weight is 797 g/mol. The summed E-state index contributed by atoms with van der Waals surface area (Å²) in [6.07, 6.45) is 2.57. The van der Waals surface area contributed by atoms with Gasteiger partial charge in [-0.05, 0) is 65.0 Å². The number of unbranched alkanes of at least 4 members (excludes halogenated alkanes) is 1. The van der Waals surface area contributed by atoms with Gasteiger partial charge in [0.25, 0.3) is 0 Å². The van der Waals surface area contributed by atoms with Gasteiger partial charge < -0.3 is 61.7 Å². The Morgan fingerprint density at radius 2 is 0.767 bits per heavy atom. The molecule has 0 saturated heterocycles. The molecular formula is C16H30N4O8Pt2. The Kier molecular flexibility index (Phi) is 43.2. The van der Waals surface area contributed by atoms with Crippen molar-refractivity contribution in [1.82, 2.24) is 10.6 Å². The molecule has 0 aliphatic rings. The molecule has 0 radical (unpaired) electrons. The molecule has 30 heavy (non-hydrogen) atoms. The quantitative estimate of drug-likeness (QED) is 0.0895. The van der Waals surface area contributed by atoms with Crippen molar-refractivity contribution < 1.29 is 81.7 Å². The predicted molar refractivity (Wildman–Crippen MR) is 91.6 cm³/mol. The monoisotopic (exact) mass is 796 g/mol. The van der Waals surface area contributed by atoms with Crippen LogP contribution in [0.4, 0.5) is 0 Å². The van der Waals surface area contributed by atoms with Crippen LogP contribution >= 0.6 is 0 Å². The third kappa shape index (κ3) is 56.3. The summed E-state index contributed by atoms with van der Waals surface area (Å²) in [5.74, 6) is -6.50. The summed E-state index contributed by atoms with van der Waals surface area (Å²) >= 11 is 0. The maximum atomic E-state index is 9.28. The van der Waals surface area contributed by atoms with E-state index in [4.69, 9.17) is 11.5 Å². The van der Waals surface area contributed by atoms with E-state index in [0.29, 0.717) is 0 Å². The zero-order chi connectivity index (χ0) is 22.2. The fourth-order valence-corrected chi connectivity index (χ4v) is 1.44. The molecule has 0 atom stereocenters. The van der Waals surface area contributed by atoms with Crippen molar-refractivity contribution in [2.45, 2.75) is 38.5 Å². The van der Waals surface area contributed by atoms with Gasteiger partial charge in [0.05, 0.1) is 0 Å². The van der Waals surface area contributed by atoms with E-state index in [9.17, 15) is 39.6 Å². The maximum Gasteiger partial charge on any atom is 2.00 e. The SMILES string of the molecule is NCCCNCCCCNCCCN.O=C([O-])CC(=O)[O-].O=C([O-])CC(=O)[O-].[Pt+2].[Pt+2]. The van der Waals surface area contributed by atoms with Gasteiger partial charge in [-0.1, -0.05) is 0 Å². The van der Waals surface area contributed by atoms with E-state index in [1.54, 1.807) is 0 Å². The molecule has 0 spiro atoms. The molecule has 0 aromatic rings. The molecule has 14 heteroatoms. The van der Waals surface area contributed by atoms with Crippen molar-refractivity contribution in [3.63, 3.8) is 0 Å². The molecule has 12 nitrogen and oxygen atoms in total. The van der Waals surface area contributed by atoms with Gasteiger partial charge >= 0.3 is 42.1 Å². The van der Waals surface area contributed by atoms with E-state index < -0.39 is 36.7 Å². The summed E-state index contributed by atoms with van der Waals surface area (Å²) in [5.41, 5.74) is 10.8. The Balaban J connectivity index is -0.000000111. The average Bonchev–Trinajstić information content (AvgIpc) is 2.55. The molecule has 0 saturated carbocycles. The number of nitrogens with two attached hydrogens (primary N) is 2. The van der Waals surface area contributed by atoms with Crippen molar-refractivity contribution in [2.75, 3.05) is 39.3 Å². The number of aliphatic carboxylic acids is 4. The zero-order valence-corrected chi connectivity index (χ0v) is 21.1. The van der Waals surface area contributed by atoms with Crippen LogP contribution in [0.15, 0.2) is 0 Å². The van der Waals surface area contributed by atoms with Crippen LogP contribution < -0.4 is 42.5 Å². The maximum absolute atomic E-state index is 9.28. The summed E-state index contributed by atoms with van der Waals surface area (Å²) in [6, 6.07) is 0. The minimum Gasteiger partial charge on any atom is -0.550 e. The van der Waals surface area contributed by atoms with Crippen LogP contribution in [0, 0.1) is 0 Å². The Morgan fingerprint density at radius 3 is 0.933 bits per heavy atom. The molecule has 0 aliphatic heterocycles. The van der Waals surface area contributed by atoms with Crippen molar-refractivity contribution in [2.24, 2.45) is 11.5 Å². The fraction of sp³-hybridized carbons (Fsp3) is 0.750. The van der Waals surface area contributed by atoms with Gasteiger partial charge in [0.1, 0.15) is 0 Å². The van der Waals surface area contributed by atoms with Crippen LogP contribution in [0.3, 0.4) is 0 Å². The number of nitrogens with one attached hydrogen (secondary N) is 2.